The average molecular weight is 446 g/mol. The van der Waals surface area contributed by atoms with Gasteiger partial charge in [0.05, 0.1) is 0 Å². The molecule has 0 radical (unpaired) electrons. The molecule has 0 fully saturated rings. The summed E-state index contributed by atoms with van der Waals surface area (Å²) in [6, 6.07) is -1.55. The first-order valence-corrected chi connectivity index (χ1v) is 13.0. The first kappa shape index (κ1) is 20.9. The fourth-order valence-electron chi connectivity index (χ4n) is 1.55. The number of nitrogens with one attached hydrogen (secondary N) is 2. The quantitative estimate of drug-likeness (QED) is 0.347. The van der Waals surface area contributed by atoms with Crippen molar-refractivity contribution in [2.24, 2.45) is 0 Å². The topological polar surface area (TPSA) is 111 Å². The molecule has 126 valence electrons. The van der Waals surface area contributed by atoms with E-state index in [2.05, 4.69) is 33.8 Å². The molecule has 0 aromatic rings. The molecule has 0 saturated carbocycles. The average Bonchev–Trinajstić information content (AvgIpc) is 2.43. The predicted molar refractivity (Wildman–Crippen MR) is 80.4 cm³/mol. The Bertz CT molecular complexity index is 429. The molecule has 0 heterocycles. The molecule has 0 spiro atoms. The Labute approximate surface area is 139 Å². The Morgan fingerprint density at radius 2 is 1.23 bits per heavy atom. The second-order valence-electron chi connectivity index (χ2n) is 4.33. The molecule has 0 rings (SSSR count). The SMILES string of the molecule is COC(=O)[C@H](C[Se](=[Se])C[C@H](NC(C)=O)C(=O)OC)NC(C)=O. The van der Waals surface area contributed by atoms with Gasteiger partial charge in [0, 0.05) is 0 Å². The van der Waals surface area contributed by atoms with E-state index in [0.717, 1.165) is 0 Å². The van der Waals surface area contributed by atoms with Crippen molar-refractivity contribution in [3.8, 4) is 0 Å². The number of carbonyl (C=O) groups excluding carboxylic acids is 4. The van der Waals surface area contributed by atoms with E-state index in [-0.39, 0.29) is 11.8 Å². The van der Waals surface area contributed by atoms with Crippen molar-refractivity contribution in [2.45, 2.75) is 36.6 Å². The van der Waals surface area contributed by atoms with Gasteiger partial charge >= 0.3 is 139 Å². The first-order chi connectivity index (χ1) is 10.2. The number of methoxy groups -OCH3 is 2. The van der Waals surface area contributed by atoms with Crippen LogP contribution in [0, 0.1) is 0 Å². The van der Waals surface area contributed by atoms with Crippen LogP contribution in [0.25, 0.3) is 0 Å². The third-order valence-electron chi connectivity index (χ3n) is 2.43. The number of carbonyl (C=O) groups is 4. The van der Waals surface area contributed by atoms with Crippen LogP contribution >= 0.6 is 0 Å². The molecule has 10 heteroatoms. The van der Waals surface area contributed by atoms with Gasteiger partial charge < -0.3 is 0 Å². The summed E-state index contributed by atoms with van der Waals surface area (Å²) in [4.78, 5) is 45.6. The second-order valence-corrected chi connectivity index (χ2v) is 12.7. The Balaban J connectivity index is 4.83. The number of amides is 2. The Morgan fingerprint density at radius 3 is 1.45 bits per heavy atom. The number of ether oxygens (including phenoxy) is 2. The van der Waals surface area contributed by atoms with E-state index in [1.807, 2.05) is 0 Å². The minimum atomic E-state index is -1.59. The predicted octanol–water partition coefficient (Wildman–Crippen LogP) is -1.50. The molecule has 2 N–H and O–H groups in total. The number of rotatable bonds is 8. The fourth-order valence-corrected chi connectivity index (χ4v) is 7.29. The summed E-state index contributed by atoms with van der Waals surface area (Å²) in [5.41, 5.74) is 0. The van der Waals surface area contributed by atoms with Gasteiger partial charge in [-0.15, -0.1) is 0 Å². The van der Waals surface area contributed by atoms with Crippen LogP contribution in [0.2, 0.25) is 10.6 Å². The Kier molecular flexibility index (Phi) is 10.1. The van der Waals surface area contributed by atoms with Crippen LogP contribution in [0.5, 0.6) is 0 Å². The normalized spacial score (nSPS) is 13.0. The summed E-state index contributed by atoms with van der Waals surface area (Å²) in [6.45, 7) is 2.61. The van der Waals surface area contributed by atoms with E-state index in [0.29, 0.717) is 10.6 Å². The molecule has 0 aromatic carbocycles. The number of esters is 2. The van der Waals surface area contributed by atoms with Crippen LogP contribution < -0.4 is 10.6 Å². The van der Waals surface area contributed by atoms with Crippen molar-refractivity contribution in [3.05, 3.63) is 0 Å². The summed E-state index contributed by atoms with van der Waals surface area (Å²) in [5.74, 6) is -1.79. The van der Waals surface area contributed by atoms with E-state index >= 15 is 0 Å². The number of hydrogen-bond donors (Lipinski definition) is 2. The van der Waals surface area contributed by atoms with Gasteiger partial charge in [-0.2, -0.15) is 0 Å². The van der Waals surface area contributed by atoms with Crippen LogP contribution in [0.15, 0.2) is 0 Å². The van der Waals surface area contributed by atoms with Crippen LogP contribution in [0.4, 0.5) is 0 Å². The fraction of sp³-hybridized carbons (Fsp3) is 0.667. The van der Waals surface area contributed by atoms with Crippen molar-refractivity contribution in [3.63, 3.8) is 0 Å². The van der Waals surface area contributed by atoms with Gasteiger partial charge in [-0.1, -0.05) is 0 Å². The molecular weight excluding hydrogens is 426 g/mol. The Morgan fingerprint density at radius 1 is 0.909 bits per heavy atom. The van der Waals surface area contributed by atoms with Crippen molar-refractivity contribution in [1.29, 1.82) is 0 Å². The molecular formula is C12H20N2O6Se2. The van der Waals surface area contributed by atoms with Crippen molar-refractivity contribution in [1.82, 2.24) is 10.6 Å². The Hall–Kier alpha value is -1.08. The molecule has 0 unspecified atom stereocenters. The zero-order chi connectivity index (χ0) is 17.3. The van der Waals surface area contributed by atoms with Gasteiger partial charge in [0.2, 0.25) is 0 Å². The van der Waals surface area contributed by atoms with E-state index in [4.69, 9.17) is 0 Å². The molecule has 0 aromatic heterocycles. The third kappa shape index (κ3) is 8.38. The van der Waals surface area contributed by atoms with Crippen molar-refractivity contribution >= 4 is 48.9 Å². The maximum absolute atomic E-state index is 11.6. The van der Waals surface area contributed by atoms with E-state index in [1.54, 1.807) is 0 Å². The summed E-state index contributed by atoms with van der Waals surface area (Å²) in [7, 11) is 2.47. The summed E-state index contributed by atoms with van der Waals surface area (Å²) < 4.78 is 9.29. The molecule has 22 heavy (non-hydrogen) atoms. The molecule has 0 aliphatic rings. The van der Waals surface area contributed by atoms with Gasteiger partial charge in [-0.3, -0.25) is 0 Å². The maximum atomic E-state index is 11.6. The van der Waals surface area contributed by atoms with Crippen LogP contribution in [0.1, 0.15) is 13.8 Å². The van der Waals surface area contributed by atoms with Gasteiger partial charge in [-0.05, 0) is 0 Å². The molecule has 8 nitrogen and oxygen atoms in total. The second kappa shape index (κ2) is 10.6. The molecule has 2 atom stereocenters. The summed E-state index contributed by atoms with van der Waals surface area (Å²) >= 11 is 1.36. The van der Waals surface area contributed by atoms with Crippen LogP contribution in [-0.4, -0.2) is 75.3 Å². The zero-order valence-corrected chi connectivity index (χ0v) is 16.3. The number of hydrogen-bond acceptors (Lipinski definition) is 6. The molecule has 0 aliphatic heterocycles. The van der Waals surface area contributed by atoms with Gasteiger partial charge in [0.15, 0.2) is 0 Å². The van der Waals surface area contributed by atoms with Gasteiger partial charge in [-0.25, -0.2) is 0 Å². The first-order valence-electron chi connectivity index (χ1n) is 6.26. The third-order valence-corrected chi connectivity index (χ3v) is 8.36. The van der Waals surface area contributed by atoms with Gasteiger partial charge in [0.1, 0.15) is 0 Å². The molecule has 0 bridgehead atoms. The molecule has 0 aliphatic carbocycles. The summed E-state index contributed by atoms with van der Waals surface area (Å²) in [6.07, 6.45) is 0. The minimum absolute atomic E-state index is 0.347. The summed E-state index contributed by atoms with van der Waals surface area (Å²) in [5, 5.41) is 5.72. The van der Waals surface area contributed by atoms with E-state index in [1.165, 1.54) is 28.1 Å². The zero-order valence-electron chi connectivity index (χ0n) is 12.8. The monoisotopic (exact) mass is 448 g/mol. The van der Waals surface area contributed by atoms with E-state index in [9.17, 15) is 19.2 Å². The van der Waals surface area contributed by atoms with Crippen LogP contribution in [0.3, 0.4) is 0 Å². The van der Waals surface area contributed by atoms with Gasteiger partial charge in [0.25, 0.3) is 0 Å². The standard InChI is InChI=1S/C12H20N2O6Se2/c1-7(15)13-9(11(17)19-3)5-22(21)6-10(12(18)20-4)14-8(2)16/h9-10H,5-6H2,1-4H3,(H,13,15)(H,14,16)/t9-,10-/m0/s1. The van der Waals surface area contributed by atoms with Crippen LogP contribution in [-0.2, 0) is 28.7 Å². The molecule has 2 amide bonds. The van der Waals surface area contributed by atoms with Crippen molar-refractivity contribution in [2.75, 3.05) is 14.2 Å². The van der Waals surface area contributed by atoms with E-state index < -0.39 is 35.6 Å². The molecule has 0 saturated heterocycles. The van der Waals surface area contributed by atoms with Crippen molar-refractivity contribution < 1.29 is 28.7 Å².